The maximum Gasteiger partial charge on any atom is 0.251 e. The Kier molecular flexibility index (Phi) is 4.50. The summed E-state index contributed by atoms with van der Waals surface area (Å²) >= 11 is 0. The van der Waals surface area contributed by atoms with Crippen LogP contribution in [0.5, 0.6) is 0 Å². The molecule has 3 nitrogen and oxygen atoms in total. The molecule has 0 aliphatic heterocycles. The molecule has 27 heavy (non-hydrogen) atoms. The van der Waals surface area contributed by atoms with E-state index in [0.29, 0.717) is 11.3 Å². The highest BCUT2D eigenvalue weighted by Gasteiger charge is 2.22. The number of amides is 1. The summed E-state index contributed by atoms with van der Waals surface area (Å²) in [4.78, 5) is 16.9. The van der Waals surface area contributed by atoms with Gasteiger partial charge in [0.05, 0.1) is 5.69 Å². The second-order valence-corrected chi connectivity index (χ2v) is 6.35. The van der Waals surface area contributed by atoms with Gasteiger partial charge in [0.15, 0.2) is 0 Å². The fraction of sp³-hybridized carbons (Fsp3) is 0.0909. The molecule has 0 spiro atoms. The molecule has 1 atom stereocenters. The predicted octanol–water partition coefficient (Wildman–Crippen LogP) is 3.97. The summed E-state index contributed by atoms with van der Waals surface area (Å²) in [6.45, 7) is 0.217. The molecule has 1 N–H and O–H groups in total. The summed E-state index contributed by atoms with van der Waals surface area (Å²) in [6.07, 6.45) is 10.8. The highest BCUT2D eigenvalue weighted by Crippen LogP contribution is 2.30. The summed E-state index contributed by atoms with van der Waals surface area (Å²) in [6, 6.07) is 8.52. The van der Waals surface area contributed by atoms with Crippen LogP contribution in [0.4, 0.5) is 8.78 Å². The van der Waals surface area contributed by atoms with Crippen molar-refractivity contribution in [2.45, 2.75) is 5.92 Å². The Bertz CT molecular complexity index is 1020. The molecule has 1 aromatic carbocycles. The van der Waals surface area contributed by atoms with Crippen LogP contribution in [-0.2, 0) is 4.79 Å². The molecule has 0 bridgehead atoms. The monoisotopic (exact) mass is 362 g/mol. The predicted molar refractivity (Wildman–Crippen MR) is 98.8 cm³/mol. The SMILES string of the molecule is O=C(NCC(c1ccc(F)cc1)c1cc(F)ccn1)C1=C2C=CC=C2C=C1. The van der Waals surface area contributed by atoms with Gasteiger partial charge in [0.25, 0.3) is 5.91 Å². The lowest BCUT2D eigenvalue weighted by atomic mass is 9.94. The third kappa shape index (κ3) is 3.49. The molecule has 0 fully saturated rings. The molecule has 1 aromatic heterocycles. The lowest BCUT2D eigenvalue weighted by molar-refractivity contribution is -0.117. The topological polar surface area (TPSA) is 42.0 Å². The first kappa shape index (κ1) is 17.1. The first-order valence-electron chi connectivity index (χ1n) is 8.58. The van der Waals surface area contributed by atoms with Crippen LogP contribution in [-0.4, -0.2) is 17.4 Å². The third-order valence-corrected chi connectivity index (χ3v) is 4.65. The number of pyridine rings is 1. The maximum absolute atomic E-state index is 13.7. The third-order valence-electron chi connectivity index (χ3n) is 4.65. The zero-order valence-electron chi connectivity index (χ0n) is 14.3. The molecular formula is C22H16F2N2O. The van der Waals surface area contributed by atoms with Gasteiger partial charge in [-0.05, 0) is 47.1 Å². The van der Waals surface area contributed by atoms with Gasteiger partial charge in [0.2, 0.25) is 0 Å². The van der Waals surface area contributed by atoms with E-state index in [2.05, 4.69) is 10.3 Å². The molecule has 0 radical (unpaired) electrons. The minimum Gasteiger partial charge on any atom is -0.351 e. The molecule has 1 amide bonds. The number of nitrogens with one attached hydrogen (secondary N) is 1. The molecule has 2 aromatic rings. The number of halogens is 2. The van der Waals surface area contributed by atoms with Crippen LogP contribution in [0.15, 0.2) is 89.7 Å². The number of hydrogen-bond donors (Lipinski definition) is 1. The van der Waals surface area contributed by atoms with Crippen molar-refractivity contribution in [1.29, 1.82) is 0 Å². The number of aromatic nitrogens is 1. The molecule has 5 heteroatoms. The Morgan fingerprint density at radius 3 is 2.63 bits per heavy atom. The van der Waals surface area contributed by atoms with Gasteiger partial charge < -0.3 is 5.32 Å². The van der Waals surface area contributed by atoms with Crippen molar-refractivity contribution < 1.29 is 13.6 Å². The number of hydrogen-bond acceptors (Lipinski definition) is 2. The van der Waals surface area contributed by atoms with Gasteiger partial charge in [-0.15, -0.1) is 0 Å². The number of fused-ring (bicyclic) bond motifs is 1. The summed E-state index contributed by atoms with van der Waals surface area (Å²) < 4.78 is 27.0. The Balaban J connectivity index is 1.58. The van der Waals surface area contributed by atoms with Crippen molar-refractivity contribution in [1.82, 2.24) is 10.3 Å². The molecule has 1 heterocycles. The Hall–Kier alpha value is -3.34. The standard InChI is InChI=1S/C22H16F2N2O/c23-16-7-4-15(5-8-16)20(21-12-17(24)10-11-25-21)13-26-22(27)19-9-6-14-2-1-3-18(14)19/h1-12,20H,13H2,(H,26,27). The van der Waals surface area contributed by atoms with E-state index in [-0.39, 0.29) is 18.3 Å². The van der Waals surface area contributed by atoms with Crippen molar-refractivity contribution in [2.75, 3.05) is 6.54 Å². The number of rotatable bonds is 5. The van der Waals surface area contributed by atoms with Crippen LogP contribution in [0.25, 0.3) is 0 Å². The van der Waals surface area contributed by atoms with E-state index in [0.717, 1.165) is 16.7 Å². The number of nitrogens with zero attached hydrogens (tertiary/aromatic N) is 1. The van der Waals surface area contributed by atoms with Crippen molar-refractivity contribution >= 4 is 5.91 Å². The van der Waals surface area contributed by atoms with E-state index in [1.807, 2.05) is 24.3 Å². The highest BCUT2D eigenvalue weighted by atomic mass is 19.1. The molecule has 4 rings (SSSR count). The van der Waals surface area contributed by atoms with Crippen LogP contribution >= 0.6 is 0 Å². The lowest BCUT2D eigenvalue weighted by Crippen LogP contribution is -2.30. The Morgan fingerprint density at radius 1 is 1.04 bits per heavy atom. The number of benzene rings is 1. The molecule has 2 aliphatic carbocycles. The van der Waals surface area contributed by atoms with Gasteiger partial charge in [-0.25, -0.2) is 8.78 Å². The van der Waals surface area contributed by atoms with Crippen LogP contribution in [0.2, 0.25) is 0 Å². The number of allylic oxidation sites excluding steroid dienone is 6. The summed E-state index contributed by atoms with van der Waals surface area (Å²) in [7, 11) is 0. The van der Waals surface area contributed by atoms with Crippen LogP contribution in [0.3, 0.4) is 0 Å². The summed E-state index contributed by atoms with van der Waals surface area (Å²) in [5.74, 6) is -1.37. The average molecular weight is 362 g/mol. The first-order valence-corrected chi connectivity index (χ1v) is 8.58. The first-order chi connectivity index (χ1) is 13.1. The van der Waals surface area contributed by atoms with Gasteiger partial charge in [0, 0.05) is 24.2 Å². The number of carbonyl (C=O) groups excluding carboxylic acids is 1. The zero-order chi connectivity index (χ0) is 18.8. The molecule has 0 saturated heterocycles. The minimum atomic E-state index is -0.409. The molecule has 1 unspecified atom stereocenters. The second-order valence-electron chi connectivity index (χ2n) is 6.35. The molecule has 0 saturated carbocycles. The van der Waals surface area contributed by atoms with Crippen LogP contribution in [0.1, 0.15) is 17.2 Å². The number of carbonyl (C=O) groups is 1. The van der Waals surface area contributed by atoms with Crippen molar-refractivity contribution in [3.05, 3.63) is 113 Å². The lowest BCUT2D eigenvalue weighted by Gasteiger charge is -2.18. The normalized spacial score (nSPS) is 15.7. The van der Waals surface area contributed by atoms with Crippen molar-refractivity contribution in [3.63, 3.8) is 0 Å². The fourth-order valence-corrected chi connectivity index (χ4v) is 3.28. The van der Waals surface area contributed by atoms with E-state index in [4.69, 9.17) is 0 Å². The van der Waals surface area contributed by atoms with E-state index in [9.17, 15) is 13.6 Å². The minimum absolute atomic E-state index is 0.209. The van der Waals surface area contributed by atoms with E-state index >= 15 is 0 Å². The van der Waals surface area contributed by atoms with Gasteiger partial charge in [0.1, 0.15) is 11.6 Å². The van der Waals surface area contributed by atoms with Crippen molar-refractivity contribution in [3.8, 4) is 0 Å². The Labute approximate surface area is 155 Å². The largest absolute Gasteiger partial charge is 0.351 e. The molecular weight excluding hydrogens is 346 g/mol. The van der Waals surface area contributed by atoms with Gasteiger partial charge in [-0.3, -0.25) is 9.78 Å². The molecule has 2 aliphatic rings. The van der Waals surface area contributed by atoms with Gasteiger partial charge >= 0.3 is 0 Å². The fourth-order valence-electron chi connectivity index (χ4n) is 3.28. The summed E-state index contributed by atoms with van der Waals surface area (Å²) in [5.41, 5.74) is 3.73. The zero-order valence-corrected chi connectivity index (χ0v) is 14.3. The second kappa shape index (κ2) is 7.11. The summed E-state index contributed by atoms with van der Waals surface area (Å²) in [5, 5.41) is 2.90. The maximum atomic E-state index is 13.7. The van der Waals surface area contributed by atoms with E-state index in [1.165, 1.54) is 30.5 Å². The van der Waals surface area contributed by atoms with Crippen molar-refractivity contribution in [2.24, 2.45) is 0 Å². The molecule has 134 valence electrons. The average Bonchev–Trinajstić information content (AvgIpc) is 3.27. The smallest absolute Gasteiger partial charge is 0.251 e. The van der Waals surface area contributed by atoms with Crippen LogP contribution < -0.4 is 5.32 Å². The van der Waals surface area contributed by atoms with E-state index in [1.54, 1.807) is 18.2 Å². The Morgan fingerprint density at radius 2 is 1.85 bits per heavy atom. The quantitative estimate of drug-likeness (QED) is 0.875. The van der Waals surface area contributed by atoms with Crippen LogP contribution in [0, 0.1) is 11.6 Å². The van der Waals surface area contributed by atoms with E-state index < -0.39 is 11.7 Å². The van der Waals surface area contributed by atoms with Gasteiger partial charge in [-0.1, -0.05) is 36.4 Å². The van der Waals surface area contributed by atoms with Gasteiger partial charge in [-0.2, -0.15) is 0 Å². The highest BCUT2D eigenvalue weighted by molar-refractivity contribution is 6.00.